The van der Waals surface area contributed by atoms with E-state index in [9.17, 15) is 4.21 Å². The average molecular weight is 268 g/mol. The van der Waals surface area contributed by atoms with E-state index in [1.54, 1.807) is 0 Å². The van der Waals surface area contributed by atoms with Crippen molar-refractivity contribution in [2.75, 3.05) is 5.75 Å². The second-order valence-electron chi connectivity index (χ2n) is 4.93. The van der Waals surface area contributed by atoms with Gasteiger partial charge >= 0.3 is 0 Å². The lowest BCUT2D eigenvalue weighted by atomic mass is 10.1. The highest BCUT2D eigenvalue weighted by molar-refractivity contribution is 7.86. The van der Waals surface area contributed by atoms with Crippen LogP contribution in [0.4, 0.5) is 0 Å². The highest BCUT2D eigenvalue weighted by atomic mass is 35.5. The topological polar surface area (TPSA) is 40.9 Å². The number of hydrogen-bond donors (Lipinski definition) is 0. The van der Waals surface area contributed by atoms with E-state index in [1.807, 2.05) is 20.8 Å². The van der Waals surface area contributed by atoms with Gasteiger partial charge in [-0.15, -0.1) is 23.2 Å². The van der Waals surface area contributed by atoms with Crippen LogP contribution in [0.5, 0.6) is 0 Å². The molecule has 5 heteroatoms. The van der Waals surface area contributed by atoms with Crippen LogP contribution in [-0.4, -0.2) is 19.0 Å². The Kier molecular flexibility index (Phi) is 3.75. The second kappa shape index (κ2) is 4.24. The summed E-state index contributed by atoms with van der Waals surface area (Å²) < 4.78 is 10.8. The predicted molar refractivity (Wildman–Crippen MR) is 64.4 cm³/mol. The maximum absolute atomic E-state index is 11.9. The third-order valence-electron chi connectivity index (χ3n) is 2.54. The standard InChI is InChI=1S/C10H15Cl2NOS/c1-9(2,3)15(14)6-7(5-13)8-4-10(8,11)12/h7-8H,4,6H2,1-3H3/t7?,8?,15-/m0/s1. The summed E-state index contributed by atoms with van der Waals surface area (Å²) >= 11 is 11.8. The molecule has 15 heavy (non-hydrogen) atoms. The van der Waals surface area contributed by atoms with Crippen molar-refractivity contribution in [2.24, 2.45) is 11.8 Å². The molecule has 1 saturated carbocycles. The number of hydrogen-bond acceptors (Lipinski definition) is 2. The summed E-state index contributed by atoms with van der Waals surface area (Å²) in [6.07, 6.45) is 0.635. The molecule has 0 spiro atoms. The Morgan fingerprint density at radius 3 is 2.33 bits per heavy atom. The molecule has 0 heterocycles. The van der Waals surface area contributed by atoms with Crippen LogP contribution in [0.2, 0.25) is 0 Å². The van der Waals surface area contributed by atoms with E-state index in [2.05, 4.69) is 6.07 Å². The van der Waals surface area contributed by atoms with E-state index in [1.165, 1.54) is 0 Å². The van der Waals surface area contributed by atoms with Crippen molar-refractivity contribution in [2.45, 2.75) is 36.3 Å². The molecule has 3 atom stereocenters. The SMILES string of the molecule is CC(C)(C)[S@@](=O)CC(C#N)C1CC1(Cl)Cl. The third kappa shape index (κ3) is 3.34. The Balaban J connectivity index is 2.58. The largest absolute Gasteiger partial charge is 0.259 e. The Hall–Kier alpha value is 0.220. The van der Waals surface area contributed by atoms with Gasteiger partial charge in [0.25, 0.3) is 0 Å². The first-order valence-corrected chi connectivity index (χ1v) is 6.92. The van der Waals surface area contributed by atoms with Crippen LogP contribution in [0.3, 0.4) is 0 Å². The quantitative estimate of drug-likeness (QED) is 0.738. The molecule has 0 aliphatic heterocycles. The van der Waals surface area contributed by atoms with E-state index in [4.69, 9.17) is 28.5 Å². The first-order chi connectivity index (χ1) is 6.68. The first kappa shape index (κ1) is 13.3. The number of nitriles is 1. The molecular formula is C10H15Cl2NOS. The molecule has 0 N–H and O–H groups in total. The van der Waals surface area contributed by atoms with E-state index in [0.717, 1.165) is 0 Å². The van der Waals surface area contributed by atoms with Crippen molar-refractivity contribution in [3.8, 4) is 6.07 Å². The van der Waals surface area contributed by atoms with Crippen LogP contribution in [0, 0.1) is 23.2 Å². The van der Waals surface area contributed by atoms with Gasteiger partial charge < -0.3 is 0 Å². The summed E-state index contributed by atoms with van der Waals surface area (Å²) in [7, 11) is -1.02. The predicted octanol–water partition coefficient (Wildman–Crippen LogP) is 2.87. The molecule has 1 fully saturated rings. The number of nitrogens with zero attached hydrogens (tertiary/aromatic N) is 1. The lowest BCUT2D eigenvalue weighted by Gasteiger charge is -2.19. The zero-order chi connectivity index (χ0) is 11.9. The molecule has 2 nitrogen and oxygen atoms in total. The van der Waals surface area contributed by atoms with Crippen molar-refractivity contribution >= 4 is 34.0 Å². The molecular weight excluding hydrogens is 253 g/mol. The second-order valence-corrected chi connectivity index (χ2v) is 8.72. The Bertz CT molecular complexity index is 316. The van der Waals surface area contributed by atoms with Gasteiger partial charge in [-0.1, -0.05) is 0 Å². The Labute approximate surface area is 103 Å². The molecule has 0 aromatic heterocycles. The molecule has 1 rings (SSSR count). The van der Waals surface area contributed by atoms with Crippen LogP contribution in [0.1, 0.15) is 27.2 Å². The van der Waals surface area contributed by atoms with Gasteiger partial charge in [0.15, 0.2) is 0 Å². The van der Waals surface area contributed by atoms with E-state index < -0.39 is 15.1 Å². The summed E-state index contributed by atoms with van der Waals surface area (Å²) in [4.78, 5) is 0. The number of rotatable bonds is 3. The molecule has 0 saturated heterocycles. The van der Waals surface area contributed by atoms with Crippen LogP contribution in [0.15, 0.2) is 0 Å². The number of alkyl halides is 2. The zero-order valence-corrected chi connectivity index (χ0v) is 11.4. The van der Waals surface area contributed by atoms with Crippen LogP contribution in [0.25, 0.3) is 0 Å². The average Bonchev–Trinajstić information content (AvgIpc) is 2.68. The highest BCUT2D eigenvalue weighted by Gasteiger charge is 2.56. The highest BCUT2D eigenvalue weighted by Crippen LogP contribution is 2.57. The molecule has 86 valence electrons. The van der Waals surface area contributed by atoms with Gasteiger partial charge in [0.05, 0.1) is 12.0 Å². The fourth-order valence-corrected chi connectivity index (χ4v) is 3.10. The van der Waals surface area contributed by atoms with E-state index in [-0.39, 0.29) is 16.6 Å². The van der Waals surface area contributed by atoms with Gasteiger partial charge in [-0.25, -0.2) is 0 Å². The van der Waals surface area contributed by atoms with Gasteiger partial charge in [0.1, 0.15) is 4.33 Å². The van der Waals surface area contributed by atoms with Crippen LogP contribution >= 0.6 is 23.2 Å². The summed E-state index contributed by atoms with van der Waals surface area (Å²) in [5, 5.41) is 8.98. The lowest BCUT2D eigenvalue weighted by molar-refractivity contribution is 0.604. The van der Waals surface area contributed by atoms with Crippen molar-refractivity contribution in [1.82, 2.24) is 0 Å². The molecule has 1 aliphatic carbocycles. The maximum Gasteiger partial charge on any atom is 0.122 e. The summed E-state index contributed by atoms with van der Waals surface area (Å²) in [6, 6.07) is 2.16. The van der Waals surface area contributed by atoms with Crippen molar-refractivity contribution in [3.05, 3.63) is 0 Å². The van der Waals surface area contributed by atoms with Crippen LogP contribution < -0.4 is 0 Å². The molecule has 0 aromatic rings. The summed E-state index contributed by atoms with van der Waals surface area (Å²) in [6.45, 7) is 5.71. The van der Waals surface area contributed by atoms with Gasteiger partial charge in [-0.05, 0) is 27.2 Å². The normalized spacial score (nSPS) is 27.9. The smallest absolute Gasteiger partial charge is 0.122 e. The third-order valence-corrected chi connectivity index (χ3v) is 5.44. The van der Waals surface area contributed by atoms with Gasteiger partial charge in [0.2, 0.25) is 0 Å². The Morgan fingerprint density at radius 1 is 1.60 bits per heavy atom. The minimum atomic E-state index is -1.02. The van der Waals surface area contributed by atoms with E-state index >= 15 is 0 Å². The van der Waals surface area contributed by atoms with Gasteiger partial charge in [-0.3, -0.25) is 4.21 Å². The monoisotopic (exact) mass is 267 g/mol. The summed E-state index contributed by atoms with van der Waals surface area (Å²) in [5.41, 5.74) is 0. The summed E-state index contributed by atoms with van der Waals surface area (Å²) in [5.74, 6) is 0.0588. The van der Waals surface area contributed by atoms with Crippen molar-refractivity contribution in [3.63, 3.8) is 0 Å². The molecule has 0 amide bonds. The zero-order valence-electron chi connectivity index (χ0n) is 9.09. The minimum Gasteiger partial charge on any atom is -0.259 e. The Morgan fingerprint density at radius 2 is 2.07 bits per heavy atom. The maximum atomic E-state index is 11.9. The van der Waals surface area contributed by atoms with Crippen molar-refractivity contribution in [1.29, 1.82) is 5.26 Å². The minimum absolute atomic E-state index is 0.0165. The lowest BCUT2D eigenvalue weighted by Crippen LogP contribution is -2.28. The fraction of sp³-hybridized carbons (Fsp3) is 0.900. The van der Waals surface area contributed by atoms with Crippen LogP contribution in [-0.2, 0) is 10.8 Å². The van der Waals surface area contributed by atoms with Gasteiger partial charge in [0, 0.05) is 27.2 Å². The van der Waals surface area contributed by atoms with Crippen molar-refractivity contribution < 1.29 is 4.21 Å². The van der Waals surface area contributed by atoms with Gasteiger partial charge in [-0.2, -0.15) is 5.26 Å². The molecule has 0 aromatic carbocycles. The van der Waals surface area contributed by atoms with E-state index in [0.29, 0.717) is 12.2 Å². The fourth-order valence-electron chi connectivity index (χ4n) is 1.33. The molecule has 1 aliphatic rings. The first-order valence-electron chi connectivity index (χ1n) is 4.84. The molecule has 0 radical (unpaired) electrons. The molecule has 2 unspecified atom stereocenters. The molecule has 0 bridgehead atoms. The number of halogens is 2.